The third kappa shape index (κ3) is 3.00. The lowest BCUT2D eigenvalue weighted by Crippen LogP contribution is -2.42. The fourth-order valence-corrected chi connectivity index (χ4v) is 3.96. The number of nitrogens with one attached hydrogen (secondary N) is 1. The third-order valence-electron chi connectivity index (χ3n) is 5.17. The molecule has 2 aliphatic rings. The molecule has 21 heavy (non-hydrogen) atoms. The van der Waals surface area contributed by atoms with Crippen molar-refractivity contribution in [2.24, 2.45) is 5.92 Å². The summed E-state index contributed by atoms with van der Waals surface area (Å²) in [7, 11) is 0. The van der Waals surface area contributed by atoms with Crippen molar-refractivity contribution in [2.45, 2.75) is 64.8 Å². The molecule has 5 nitrogen and oxygen atoms in total. The van der Waals surface area contributed by atoms with Gasteiger partial charge in [-0.25, -0.2) is 0 Å². The maximum absolute atomic E-state index is 9.09. The van der Waals surface area contributed by atoms with Crippen LogP contribution in [0.15, 0.2) is 0 Å². The first-order chi connectivity index (χ1) is 10.2. The van der Waals surface area contributed by atoms with Gasteiger partial charge in [0.05, 0.1) is 24.9 Å². The van der Waals surface area contributed by atoms with Crippen molar-refractivity contribution < 1.29 is 9.84 Å². The Hall–Kier alpha value is -0.910. The number of fused-ring (bicyclic) bond motifs is 1. The predicted octanol–water partition coefficient (Wildman–Crippen LogP) is 1.54. The quantitative estimate of drug-likeness (QED) is 0.864. The Labute approximate surface area is 126 Å². The summed E-state index contributed by atoms with van der Waals surface area (Å²) in [6, 6.07) is 0.575. The molecule has 2 heterocycles. The highest BCUT2D eigenvalue weighted by atomic mass is 16.5. The first kappa shape index (κ1) is 15.0. The van der Waals surface area contributed by atoms with Crippen molar-refractivity contribution in [2.75, 3.05) is 13.2 Å². The van der Waals surface area contributed by atoms with E-state index in [0.29, 0.717) is 24.6 Å². The number of aryl methyl sites for hydroxylation is 1. The van der Waals surface area contributed by atoms with E-state index in [-0.39, 0.29) is 6.61 Å². The van der Waals surface area contributed by atoms with Gasteiger partial charge in [0, 0.05) is 36.4 Å². The summed E-state index contributed by atoms with van der Waals surface area (Å²) in [6.45, 7) is 6.67. The van der Waals surface area contributed by atoms with E-state index in [1.165, 1.54) is 36.9 Å². The van der Waals surface area contributed by atoms with Crippen molar-refractivity contribution in [3.05, 3.63) is 17.0 Å². The second-order valence-corrected chi connectivity index (χ2v) is 6.38. The molecule has 1 saturated heterocycles. The number of rotatable bonds is 5. The molecule has 118 valence electrons. The second-order valence-electron chi connectivity index (χ2n) is 6.38. The van der Waals surface area contributed by atoms with E-state index in [2.05, 4.69) is 24.3 Å². The minimum atomic E-state index is 0.137. The minimum Gasteiger partial charge on any atom is -0.394 e. The lowest BCUT2D eigenvalue weighted by atomic mass is 9.81. The molecule has 0 bridgehead atoms. The summed E-state index contributed by atoms with van der Waals surface area (Å²) in [5.41, 5.74) is 3.53. The molecule has 0 amide bonds. The summed E-state index contributed by atoms with van der Waals surface area (Å²) >= 11 is 0. The van der Waals surface area contributed by atoms with Crippen molar-refractivity contribution in [1.29, 1.82) is 0 Å². The molecule has 3 atom stereocenters. The van der Waals surface area contributed by atoms with E-state index >= 15 is 0 Å². The van der Waals surface area contributed by atoms with Crippen LogP contribution < -0.4 is 5.32 Å². The Morgan fingerprint density at radius 2 is 2.19 bits per heavy atom. The largest absolute Gasteiger partial charge is 0.394 e. The summed E-state index contributed by atoms with van der Waals surface area (Å²) in [6.07, 6.45) is 5.43. The van der Waals surface area contributed by atoms with Crippen LogP contribution in [-0.2, 0) is 17.8 Å². The fourth-order valence-electron chi connectivity index (χ4n) is 3.96. The fraction of sp³-hybridized carbons (Fsp3) is 0.812. The van der Waals surface area contributed by atoms with Crippen LogP contribution in [0.3, 0.4) is 0 Å². The van der Waals surface area contributed by atoms with Crippen LogP contribution >= 0.6 is 0 Å². The number of hydrogen-bond acceptors (Lipinski definition) is 4. The molecule has 0 radical (unpaired) electrons. The molecular weight excluding hydrogens is 266 g/mol. The molecule has 2 fully saturated rings. The number of aromatic nitrogens is 2. The normalized spacial score (nSPS) is 28.8. The smallest absolute Gasteiger partial charge is 0.0644 e. The molecule has 3 unspecified atom stereocenters. The predicted molar refractivity (Wildman–Crippen MR) is 81.1 cm³/mol. The van der Waals surface area contributed by atoms with Crippen LogP contribution in [0.5, 0.6) is 0 Å². The second kappa shape index (κ2) is 6.46. The lowest BCUT2D eigenvalue weighted by molar-refractivity contribution is 0.0529. The summed E-state index contributed by atoms with van der Waals surface area (Å²) in [4.78, 5) is 0. The average molecular weight is 293 g/mol. The molecule has 3 rings (SSSR count). The van der Waals surface area contributed by atoms with Gasteiger partial charge in [0.2, 0.25) is 0 Å². The Morgan fingerprint density at radius 1 is 1.33 bits per heavy atom. The SMILES string of the molecule is Cc1nn(CCO)c(C)c1CNC1CCCC2OCCC12. The highest BCUT2D eigenvalue weighted by Crippen LogP contribution is 2.34. The highest BCUT2D eigenvalue weighted by molar-refractivity contribution is 5.24. The first-order valence-electron chi connectivity index (χ1n) is 8.19. The number of aliphatic hydroxyl groups excluding tert-OH is 1. The third-order valence-corrected chi connectivity index (χ3v) is 5.17. The van der Waals surface area contributed by atoms with Crippen LogP contribution in [0.2, 0.25) is 0 Å². The minimum absolute atomic E-state index is 0.137. The van der Waals surface area contributed by atoms with E-state index in [1.807, 2.05) is 4.68 Å². The van der Waals surface area contributed by atoms with Crippen LogP contribution in [-0.4, -0.2) is 40.2 Å². The summed E-state index contributed by atoms with van der Waals surface area (Å²) < 4.78 is 7.75. The zero-order chi connectivity index (χ0) is 14.8. The highest BCUT2D eigenvalue weighted by Gasteiger charge is 2.37. The van der Waals surface area contributed by atoms with Gasteiger partial charge in [-0.3, -0.25) is 4.68 Å². The average Bonchev–Trinajstić information content (AvgIpc) is 3.04. The molecule has 5 heteroatoms. The molecule has 1 aromatic heterocycles. The van der Waals surface area contributed by atoms with Gasteiger partial charge in [0.15, 0.2) is 0 Å². The zero-order valence-electron chi connectivity index (χ0n) is 13.1. The molecule has 0 aromatic carbocycles. The van der Waals surface area contributed by atoms with E-state index in [4.69, 9.17) is 9.84 Å². The standard InChI is InChI=1S/C16H27N3O2/c1-11-14(12(2)19(18-11)7-8-20)10-17-15-4-3-5-16-13(15)6-9-21-16/h13,15-17,20H,3-10H2,1-2H3. The first-order valence-corrected chi connectivity index (χ1v) is 8.19. The van der Waals surface area contributed by atoms with E-state index < -0.39 is 0 Å². The molecule has 1 aliphatic carbocycles. The lowest BCUT2D eigenvalue weighted by Gasteiger charge is -2.33. The molecule has 2 N–H and O–H groups in total. The van der Waals surface area contributed by atoms with Gasteiger partial charge >= 0.3 is 0 Å². The molecule has 1 aromatic rings. The van der Waals surface area contributed by atoms with Crippen molar-refractivity contribution >= 4 is 0 Å². The van der Waals surface area contributed by atoms with Gasteiger partial charge < -0.3 is 15.2 Å². The molecule has 1 saturated carbocycles. The number of hydrogen-bond donors (Lipinski definition) is 2. The van der Waals surface area contributed by atoms with Gasteiger partial charge in [-0.1, -0.05) is 0 Å². The Balaban J connectivity index is 1.64. The number of nitrogens with zero attached hydrogens (tertiary/aromatic N) is 2. The molecular formula is C16H27N3O2. The van der Waals surface area contributed by atoms with E-state index in [0.717, 1.165) is 18.8 Å². The van der Waals surface area contributed by atoms with Crippen LogP contribution in [0.4, 0.5) is 0 Å². The van der Waals surface area contributed by atoms with Gasteiger partial charge in [0.1, 0.15) is 0 Å². The number of aliphatic hydroxyl groups is 1. The summed E-state index contributed by atoms with van der Waals surface area (Å²) in [5, 5.41) is 17.4. The Morgan fingerprint density at radius 3 is 3.00 bits per heavy atom. The van der Waals surface area contributed by atoms with Crippen molar-refractivity contribution in [3.8, 4) is 0 Å². The van der Waals surface area contributed by atoms with Gasteiger partial charge in [-0.2, -0.15) is 5.10 Å². The van der Waals surface area contributed by atoms with Gasteiger partial charge in [-0.05, 0) is 39.5 Å². The molecule has 1 aliphatic heterocycles. The zero-order valence-corrected chi connectivity index (χ0v) is 13.1. The summed E-state index contributed by atoms with van der Waals surface area (Å²) in [5.74, 6) is 0.687. The van der Waals surface area contributed by atoms with E-state index in [9.17, 15) is 0 Å². The maximum Gasteiger partial charge on any atom is 0.0644 e. The monoisotopic (exact) mass is 293 g/mol. The van der Waals surface area contributed by atoms with Crippen LogP contribution in [0.25, 0.3) is 0 Å². The van der Waals surface area contributed by atoms with Gasteiger partial charge in [0.25, 0.3) is 0 Å². The molecule has 0 spiro atoms. The Bertz CT molecular complexity index is 486. The van der Waals surface area contributed by atoms with Crippen LogP contribution in [0, 0.1) is 19.8 Å². The van der Waals surface area contributed by atoms with E-state index in [1.54, 1.807) is 0 Å². The van der Waals surface area contributed by atoms with Gasteiger partial charge in [-0.15, -0.1) is 0 Å². The van der Waals surface area contributed by atoms with Crippen LogP contribution in [0.1, 0.15) is 42.6 Å². The van der Waals surface area contributed by atoms with Crippen molar-refractivity contribution in [3.63, 3.8) is 0 Å². The topological polar surface area (TPSA) is 59.3 Å². The Kier molecular flexibility index (Phi) is 4.62. The maximum atomic E-state index is 9.09. The van der Waals surface area contributed by atoms with Crippen molar-refractivity contribution in [1.82, 2.24) is 15.1 Å². The number of ether oxygens (including phenoxy) is 1.